The molecule has 0 heterocycles. The van der Waals surface area contributed by atoms with Crippen LogP contribution in [0.3, 0.4) is 0 Å². The Morgan fingerprint density at radius 2 is 2.11 bits per heavy atom. The van der Waals surface area contributed by atoms with Crippen molar-refractivity contribution < 1.29 is 9.90 Å². The van der Waals surface area contributed by atoms with E-state index in [-0.39, 0.29) is 0 Å². The standard InChI is InChI=1S/C15H22BrNO2/c1-4-6-9-17(11(3)5-2)12-7-8-13(15(18)19)14(16)10-12/h7-8,10-11H,4-6,9H2,1-3H3,(H,18,19). The fraction of sp³-hybridized carbons (Fsp3) is 0.533. The molecule has 0 spiro atoms. The molecule has 0 aliphatic rings. The first-order valence-electron chi connectivity index (χ1n) is 6.80. The number of benzene rings is 1. The van der Waals surface area contributed by atoms with E-state index in [0.717, 1.165) is 31.5 Å². The van der Waals surface area contributed by atoms with Crippen molar-refractivity contribution in [1.29, 1.82) is 0 Å². The van der Waals surface area contributed by atoms with E-state index in [1.807, 2.05) is 12.1 Å². The fourth-order valence-corrected chi connectivity index (χ4v) is 2.55. The number of hydrogen-bond acceptors (Lipinski definition) is 2. The first kappa shape index (κ1) is 16.0. The van der Waals surface area contributed by atoms with Crippen molar-refractivity contribution in [3.63, 3.8) is 0 Å². The summed E-state index contributed by atoms with van der Waals surface area (Å²) in [6.45, 7) is 7.56. The average Bonchev–Trinajstić information content (AvgIpc) is 2.38. The van der Waals surface area contributed by atoms with Gasteiger partial charge in [0, 0.05) is 22.7 Å². The molecule has 4 heteroatoms. The Balaban J connectivity index is 3.02. The smallest absolute Gasteiger partial charge is 0.336 e. The van der Waals surface area contributed by atoms with Gasteiger partial charge in [-0.2, -0.15) is 0 Å². The van der Waals surface area contributed by atoms with Crippen molar-refractivity contribution in [2.75, 3.05) is 11.4 Å². The predicted octanol–water partition coefficient (Wildman–Crippen LogP) is 4.55. The van der Waals surface area contributed by atoms with Gasteiger partial charge in [-0.1, -0.05) is 20.3 Å². The van der Waals surface area contributed by atoms with Gasteiger partial charge in [-0.15, -0.1) is 0 Å². The van der Waals surface area contributed by atoms with Gasteiger partial charge >= 0.3 is 5.97 Å². The normalized spacial score (nSPS) is 12.2. The number of carboxylic acid groups (broad SMARTS) is 1. The molecule has 0 aliphatic carbocycles. The molecule has 0 radical (unpaired) electrons. The number of unbranched alkanes of at least 4 members (excludes halogenated alkanes) is 1. The van der Waals surface area contributed by atoms with E-state index in [1.165, 1.54) is 0 Å². The third kappa shape index (κ3) is 4.23. The molecule has 3 nitrogen and oxygen atoms in total. The molecule has 0 saturated carbocycles. The van der Waals surface area contributed by atoms with Crippen molar-refractivity contribution in [3.05, 3.63) is 28.2 Å². The molecule has 0 fully saturated rings. The molecule has 0 bridgehead atoms. The highest BCUT2D eigenvalue weighted by Crippen LogP contribution is 2.26. The van der Waals surface area contributed by atoms with Crippen molar-refractivity contribution in [3.8, 4) is 0 Å². The quantitative estimate of drug-likeness (QED) is 0.798. The minimum atomic E-state index is -0.901. The minimum Gasteiger partial charge on any atom is -0.478 e. The Labute approximate surface area is 123 Å². The molecule has 1 aromatic rings. The summed E-state index contributed by atoms with van der Waals surface area (Å²) in [5, 5.41) is 9.05. The third-order valence-corrected chi connectivity index (χ3v) is 4.05. The Hall–Kier alpha value is -1.03. The molecule has 1 aromatic carbocycles. The molecule has 1 N–H and O–H groups in total. The van der Waals surface area contributed by atoms with Crippen LogP contribution in [0.4, 0.5) is 5.69 Å². The van der Waals surface area contributed by atoms with Gasteiger partial charge in [-0.25, -0.2) is 4.79 Å². The van der Waals surface area contributed by atoms with Crippen LogP contribution in [-0.4, -0.2) is 23.7 Å². The monoisotopic (exact) mass is 327 g/mol. The number of carbonyl (C=O) groups is 1. The van der Waals surface area contributed by atoms with Crippen LogP contribution in [0.2, 0.25) is 0 Å². The largest absolute Gasteiger partial charge is 0.478 e. The van der Waals surface area contributed by atoms with Crippen LogP contribution in [0.25, 0.3) is 0 Å². The number of aromatic carboxylic acids is 1. The second kappa shape index (κ2) is 7.53. The Bertz CT molecular complexity index is 434. The molecule has 0 amide bonds. The Morgan fingerprint density at radius 1 is 1.42 bits per heavy atom. The van der Waals surface area contributed by atoms with Crippen LogP contribution in [-0.2, 0) is 0 Å². The van der Waals surface area contributed by atoms with E-state index >= 15 is 0 Å². The number of carboxylic acids is 1. The molecule has 0 saturated heterocycles. The highest BCUT2D eigenvalue weighted by molar-refractivity contribution is 9.10. The van der Waals surface area contributed by atoms with Gasteiger partial charge in [0.2, 0.25) is 0 Å². The lowest BCUT2D eigenvalue weighted by atomic mass is 10.1. The second-order valence-electron chi connectivity index (χ2n) is 4.77. The highest BCUT2D eigenvalue weighted by Gasteiger charge is 2.15. The van der Waals surface area contributed by atoms with Gasteiger partial charge in [0.25, 0.3) is 0 Å². The molecule has 1 atom stereocenters. The predicted molar refractivity (Wildman–Crippen MR) is 83.1 cm³/mol. The van der Waals surface area contributed by atoms with E-state index in [1.54, 1.807) is 6.07 Å². The second-order valence-corrected chi connectivity index (χ2v) is 5.63. The van der Waals surface area contributed by atoms with E-state index in [2.05, 4.69) is 41.6 Å². The van der Waals surface area contributed by atoms with Gasteiger partial charge in [0.1, 0.15) is 0 Å². The van der Waals surface area contributed by atoms with E-state index in [0.29, 0.717) is 16.1 Å². The first-order valence-corrected chi connectivity index (χ1v) is 7.60. The maximum Gasteiger partial charge on any atom is 0.336 e. The summed E-state index contributed by atoms with van der Waals surface area (Å²) >= 11 is 3.35. The summed E-state index contributed by atoms with van der Waals surface area (Å²) in [6.07, 6.45) is 3.37. The van der Waals surface area contributed by atoms with E-state index in [4.69, 9.17) is 5.11 Å². The summed E-state index contributed by atoms with van der Waals surface area (Å²) in [5.41, 5.74) is 1.39. The van der Waals surface area contributed by atoms with Crippen molar-refractivity contribution in [1.82, 2.24) is 0 Å². The average molecular weight is 328 g/mol. The van der Waals surface area contributed by atoms with Crippen molar-refractivity contribution >= 4 is 27.6 Å². The number of halogens is 1. The van der Waals surface area contributed by atoms with Gasteiger partial charge in [0.15, 0.2) is 0 Å². The molecule has 1 unspecified atom stereocenters. The van der Waals surface area contributed by atoms with Crippen LogP contribution in [0.1, 0.15) is 50.4 Å². The van der Waals surface area contributed by atoms with Crippen LogP contribution in [0.15, 0.2) is 22.7 Å². The number of nitrogens with zero attached hydrogens (tertiary/aromatic N) is 1. The van der Waals surface area contributed by atoms with Crippen LogP contribution >= 0.6 is 15.9 Å². The number of rotatable bonds is 7. The van der Waals surface area contributed by atoms with Crippen LogP contribution in [0, 0.1) is 0 Å². The SMILES string of the molecule is CCCCN(c1ccc(C(=O)O)c(Br)c1)C(C)CC. The molecule has 1 rings (SSSR count). The third-order valence-electron chi connectivity index (χ3n) is 3.39. The van der Waals surface area contributed by atoms with Gasteiger partial charge in [0.05, 0.1) is 5.56 Å². The minimum absolute atomic E-state index is 0.309. The zero-order valence-corrected chi connectivity index (χ0v) is 13.4. The summed E-state index contributed by atoms with van der Waals surface area (Å²) in [7, 11) is 0. The summed E-state index contributed by atoms with van der Waals surface area (Å²) < 4.78 is 0.641. The Kier molecular flexibility index (Phi) is 6.35. The molecular formula is C15H22BrNO2. The topological polar surface area (TPSA) is 40.5 Å². The summed E-state index contributed by atoms with van der Waals surface area (Å²) in [4.78, 5) is 13.4. The molecular weight excluding hydrogens is 306 g/mol. The number of anilines is 1. The molecule has 0 aromatic heterocycles. The maximum absolute atomic E-state index is 11.0. The summed E-state index contributed by atoms with van der Waals surface area (Å²) in [5.74, 6) is -0.901. The lowest BCUT2D eigenvalue weighted by molar-refractivity contribution is 0.0696. The van der Waals surface area contributed by atoms with E-state index in [9.17, 15) is 4.79 Å². The Morgan fingerprint density at radius 3 is 2.58 bits per heavy atom. The lowest BCUT2D eigenvalue weighted by Gasteiger charge is -2.31. The zero-order chi connectivity index (χ0) is 14.4. The van der Waals surface area contributed by atoms with Crippen molar-refractivity contribution in [2.45, 2.75) is 46.1 Å². The van der Waals surface area contributed by atoms with Crippen LogP contribution in [0.5, 0.6) is 0 Å². The van der Waals surface area contributed by atoms with E-state index < -0.39 is 5.97 Å². The lowest BCUT2D eigenvalue weighted by Crippen LogP contribution is -2.33. The summed E-state index contributed by atoms with van der Waals surface area (Å²) in [6, 6.07) is 5.93. The molecule has 19 heavy (non-hydrogen) atoms. The fourth-order valence-electron chi connectivity index (χ4n) is 2.01. The van der Waals surface area contributed by atoms with Gasteiger partial charge in [-0.05, 0) is 53.9 Å². The van der Waals surface area contributed by atoms with Gasteiger partial charge < -0.3 is 10.0 Å². The first-order chi connectivity index (χ1) is 9.01. The van der Waals surface area contributed by atoms with Gasteiger partial charge in [-0.3, -0.25) is 0 Å². The maximum atomic E-state index is 11.0. The zero-order valence-electron chi connectivity index (χ0n) is 11.8. The van der Waals surface area contributed by atoms with Crippen LogP contribution < -0.4 is 4.90 Å². The van der Waals surface area contributed by atoms with Crippen molar-refractivity contribution in [2.24, 2.45) is 0 Å². The number of hydrogen-bond donors (Lipinski definition) is 1. The molecule has 106 valence electrons. The highest BCUT2D eigenvalue weighted by atomic mass is 79.9. The molecule has 0 aliphatic heterocycles.